The highest BCUT2D eigenvalue weighted by atomic mass is 32.1. The maximum atomic E-state index is 12.8. The zero-order valence-corrected chi connectivity index (χ0v) is 13.9. The van der Waals surface area contributed by atoms with E-state index in [0.29, 0.717) is 17.5 Å². The molecule has 0 aromatic heterocycles. The van der Waals surface area contributed by atoms with Crippen molar-refractivity contribution in [3.8, 4) is 0 Å². The number of amides is 1. The molecular weight excluding hydrogens is 286 g/mol. The lowest BCUT2D eigenvalue weighted by Crippen LogP contribution is -2.57. The molecule has 3 fully saturated rings. The van der Waals surface area contributed by atoms with Gasteiger partial charge in [-0.3, -0.25) is 9.69 Å². The van der Waals surface area contributed by atoms with E-state index in [9.17, 15) is 9.90 Å². The average Bonchev–Trinajstić information content (AvgIpc) is 2.89. The van der Waals surface area contributed by atoms with E-state index >= 15 is 0 Å². The molecule has 3 aliphatic rings. The van der Waals surface area contributed by atoms with Gasteiger partial charge in [0.05, 0.1) is 18.1 Å². The maximum Gasteiger partial charge on any atom is 0.267 e. The first kappa shape index (κ1) is 15.2. The van der Waals surface area contributed by atoms with Crippen molar-refractivity contribution in [2.24, 2.45) is 11.3 Å². The van der Waals surface area contributed by atoms with Crippen LogP contribution in [0.4, 0.5) is 0 Å². The van der Waals surface area contributed by atoms with Crippen LogP contribution in [0.15, 0.2) is 0 Å². The van der Waals surface area contributed by atoms with Crippen LogP contribution in [0, 0.1) is 11.3 Å². The van der Waals surface area contributed by atoms with Crippen molar-refractivity contribution < 1.29 is 14.6 Å². The number of aliphatic hydroxyl groups excluding tert-OH is 1. The standard InChI is InChI=1S/C16H25NO3S/c1-4-5-11(18)9-13(19)17-14(21)20-12-8-10-6-7-16(12,17)15(10,2)3/h10-12,18H,4-9H2,1-3H3/t10-,11+,12-,16-/m1/s1. The molecule has 4 nitrogen and oxygen atoms in total. The van der Waals surface area contributed by atoms with E-state index < -0.39 is 6.10 Å². The van der Waals surface area contributed by atoms with E-state index in [1.54, 1.807) is 4.90 Å². The minimum absolute atomic E-state index is 0.0313. The summed E-state index contributed by atoms with van der Waals surface area (Å²) in [5.41, 5.74) is -0.249. The van der Waals surface area contributed by atoms with Crippen molar-refractivity contribution in [2.75, 3.05) is 0 Å². The van der Waals surface area contributed by atoms with Gasteiger partial charge in [-0.15, -0.1) is 0 Å². The van der Waals surface area contributed by atoms with Gasteiger partial charge in [0.25, 0.3) is 5.17 Å². The highest BCUT2D eigenvalue weighted by molar-refractivity contribution is 7.80. The molecule has 1 N–H and O–H groups in total. The van der Waals surface area contributed by atoms with E-state index in [1.807, 2.05) is 6.92 Å². The molecule has 2 aliphatic carbocycles. The Hall–Kier alpha value is -0.680. The van der Waals surface area contributed by atoms with Crippen LogP contribution in [0.1, 0.15) is 59.3 Å². The van der Waals surface area contributed by atoms with Crippen molar-refractivity contribution in [1.82, 2.24) is 4.90 Å². The fourth-order valence-electron chi connectivity index (χ4n) is 4.95. The van der Waals surface area contributed by atoms with Crippen LogP contribution in [-0.2, 0) is 9.53 Å². The Morgan fingerprint density at radius 2 is 2.29 bits per heavy atom. The number of ether oxygens (including phenoxy) is 1. The quantitative estimate of drug-likeness (QED) is 0.811. The molecule has 1 heterocycles. The van der Waals surface area contributed by atoms with Crippen molar-refractivity contribution in [1.29, 1.82) is 0 Å². The van der Waals surface area contributed by atoms with Gasteiger partial charge in [0.2, 0.25) is 5.91 Å². The SMILES string of the molecule is CCC[C@H](O)CC(=O)N1C(=S)O[C@@H]2C[C@H]3CC[C@]21C3(C)C. The van der Waals surface area contributed by atoms with Gasteiger partial charge in [-0.05, 0) is 49.2 Å². The monoisotopic (exact) mass is 311 g/mol. The predicted molar refractivity (Wildman–Crippen MR) is 83.7 cm³/mol. The molecule has 21 heavy (non-hydrogen) atoms. The summed E-state index contributed by atoms with van der Waals surface area (Å²) in [6.07, 6.45) is 4.23. The van der Waals surface area contributed by atoms with Gasteiger partial charge >= 0.3 is 0 Å². The Morgan fingerprint density at radius 3 is 2.90 bits per heavy atom. The van der Waals surface area contributed by atoms with Gasteiger partial charge < -0.3 is 9.84 Å². The number of thiocarbonyl (C=S) groups is 1. The molecule has 2 saturated carbocycles. The van der Waals surface area contributed by atoms with Crippen molar-refractivity contribution in [3.05, 3.63) is 0 Å². The first-order valence-electron chi connectivity index (χ1n) is 8.06. The largest absolute Gasteiger partial charge is 0.465 e. The Bertz CT molecular complexity index is 478. The van der Waals surface area contributed by atoms with Crippen LogP contribution >= 0.6 is 12.2 Å². The van der Waals surface area contributed by atoms with Gasteiger partial charge in [0.1, 0.15) is 6.10 Å². The van der Waals surface area contributed by atoms with E-state index in [-0.39, 0.29) is 29.4 Å². The number of carbonyl (C=O) groups is 1. The Kier molecular flexibility index (Phi) is 3.56. The number of fused-ring (bicyclic) bond motifs is 1. The normalized spacial score (nSPS) is 37.5. The summed E-state index contributed by atoms with van der Waals surface area (Å²) in [4.78, 5) is 14.5. The third kappa shape index (κ3) is 1.89. The van der Waals surface area contributed by atoms with Gasteiger partial charge in [-0.2, -0.15) is 0 Å². The molecule has 1 amide bonds. The molecule has 0 radical (unpaired) electrons. The molecule has 4 atom stereocenters. The number of carbonyl (C=O) groups excluding carboxylic acids is 1. The van der Waals surface area contributed by atoms with Crippen LogP contribution in [0.25, 0.3) is 0 Å². The second-order valence-corrected chi connectivity index (χ2v) is 7.71. The minimum atomic E-state index is -0.581. The molecule has 1 spiro atoms. The molecule has 3 rings (SSSR count). The summed E-state index contributed by atoms with van der Waals surface area (Å²) in [6.45, 7) is 6.49. The molecule has 5 heteroatoms. The van der Waals surface area contributed by atoms with Gasteiger partial charge in [-0.25, -0.2) is 0 Å². The Labute approximate surface area is 131 Å². The molecule has 0 aromatic carbocycles. The molecule has 1 saturated heterocycles. The fraction of sp³-hybridized carbons (Fsp3) is 0.875. The molecule has 118 valence electrons. The first-order valence-corrected chi connectivity index (χ1v) is 8.47. The number of aliphatic hydroxyl groups is 1. The highest BCUT2D eigenvalue weighted by Gasteiger charge is 2.72. The smallest absolute Gasteiger partial charge is 0.267 e. The maximum absolute atomic E-state index is 12.8. The zero-order chi connectivity index (χ0) is 15.4. The average molecular weight is 311 g/mol. The number of nitrogens with zero attached hydrogens (tertiary/aromatic N) is 1. The van der Waals surface area contributed by atoms with Crippen molar-refractivity contribution >= 4 is 23.3 Å². The lowest BCUT2D eigenvalue weighted by Gasteiger charge is -2.42. The van der Waals surface area contributed by atoms with E-state index in [1.165, 1.54) is 0 Å². The van der Waals surface area contributed by atoms with Crippen molar-refractivity contribution in [3.63, 3.8) is 0 Å². The lowest BCUT2D eigenvalue weighted by atomic mass is 9.74. The van der Waals surface area contributed by atoms with E-state index in [2.05, 4.69) is 13.8 Å². The fourth-order valence-corrected chi connectivity index (χ4v) is 5.33. The summed E-state index contributed by atoms with van der Waals surface area (Å²) < 4.78 is 5.88. The number of hydrogen-bond donors (Lipinski definition) is 1. The number of rotatable bonds is 4. The van der Waals surface area contributed by atoms with Crippen LogP contribution < -0.4 is 0 Å². The van der Waals surface area contributed by atoms with E-state index in [0.717, 1.165) is 25.7 Å². The predicted octanol–water partition coefficient (Wildman–Crippen LogP) is 2.63. The topological polar surface area (TPSA) is 49.8 Å². The summed E-state index contributed by atoms with van der Waals surface area (Å²) in [6, 6.07) is 0. The van der Waals surface area contributed by atoms with E-state index in [4.69, 9.17) is 17.0 Å². The second kappa shape index (κ2) is 4.92. The van der Waals surface area contributed by atoms with Gasteiger partial charge in [-0.1, -0.05) is 27.2 Å². The molecule has 0 unspecified atom stereocenters. The Balaban J connectivity index is 1.87. The van der Waals surface area contributed by atoms with Crippen LogP contribution in [0.5, 0.6) is 0 Å². The third-order valence-corrected chi connectivity index (χ3v) is 6.43. The van der Waals surface area contributed by atoms with Crippen LogP contribution in [-0.4, -0.2) is 38.8 Å². The third-order valence-electron chi connectivity index (χ3n) is 6.15. The van der Waals surface area contributed by atoms with Gasteiger partial charge in [0, 0.05) is 0 Å². The summed E-state index contributed by atoms with van der Waals surface area (Å²) >= 11 is 5.35. The lowest BCUT2D eigenvalue weighted by molar-refractivity contribution is -0.135. The number of hydrogen-bond acceptors (Lipinski definition) is 4. The minimum Gasteiger partial charge on any atom is -0.465 e. The van der Waals surface area contributed by atoms with Crippen LogP contribution in [0.2, 0.25) is 0 Å². The molecule has 0 aromatic rings. The second-order valence-electron chi connectivity index (χ2n) is 7.37. The summed E-state index contributed by atoms with van der Waals surface area (Å²) in [5.74, 6) is 0.528. The molecular formula is C16H25NO3S. The van der Waals surface area contributed by atoms with Crippen LogP contribution in [0.3, 0.4) is 0 Å². The molecule has 2 bridgehead atoms. The highest BCUT2D eigenvalue weighted by Crippen LogP contribution is 2.65. The Morgan fingerprint density at radius 1 is 1.57 bits per heavy atom. The summed E-state index contributed by atoms with van der Waals surface area (Å²) in [5, 5.41) is 10.3. The molecule has 1 aliphatic heterocycles. The first-order chi connectivity index (χ1) is 9.84. The summed E-state index contributed by atoms with van der Waals surface area (Å²) in [7, 11) is 0. The van der Waals surface area contributed by atoms with Gasteiger partial charge in [0.15, 0.2) is 0 Å². The van der Waals surface area contributed by atoms with Crippen molar-refractivity contribution in [2.45, 2.75) is 77.0 Å². The zero-order valence-electron chi connectivity index (χ0n) is 13.1.